The molecule has 1 aromatic heterocycles. The molecule has 1 saturated carbocycles. The highest BCUT2D eigenvalue weighted by atomic mass is 16.4. The predicted octanol–water partition coefficient (Wildman–Crippen LogP) is 3.02. The number of fused-ring (bicyclic) bond motifs is 1. The molecule has 1 saturated heterocycles. The third kappa shape index (κ3) is 5.60. The van der Waals surface area contributed by atoms with Crippen molar-refractivity contribution in [3.05, 3.63) is 42.4 Å². The highest BCUT2D eigenvalue weighted by molar-refractivity contribution is 5.76. The average molecular weight is 424 g/mol. The molecule has 2 heterocycles. The van der Waals surface area contributed by atoms with Crippen molar-refractivity contribution in [2.45, 2.75) is 57.0 Å². The van der Waals surface area contributed by atoms with Crippen molar-refractivity contribution in [2.24, 2.45) is 11.7 Å². The number of hydrogen-bond acceptors (Lipinski definition) is 6. The van der Waals surface area contributed by atoms with Gasteiger partial charge in [-0.15, -0.1) is 0 Å². The lowest BCUT2D eigenvalue weighted by Gasteiger charge is -2.41. The van der Waals surface area contributed by atoms with Crippen molar-refractivity contribution in [1.82, 2.24) is 20.2 Å². The zero-order valence-electron chi connectivity index (χ0n) is 18.0. The third-order valence-electron chi connectivity index (χ3n) is 6.76. The zero-order chi connectivity index (χ0) is 21.6. The number of para-hydroxylation sites is 2. The van der Waals surface area contributed by atoms with Crippen molar-refractivity contribution >= 4 is 22.6 Å². The van der Waals surface area contributed by atoms with Gasteiger partial charge in [0.2, 0.25) is 0 Å². The summed E-state index contributed by atoms with van der Waals surface area (Å²) in [6, 6.07) is 8.82. The number of carboxylic acids is 1. The summed E-state index contributed by atoms with van der Waals surface area (Å²) < 4.78 is 0. The van der Waals surface area contributed by atoms with Crippen molar-refractivity contribution in [3.63, 3.8) is 0 Å². The van der Waals surface area contributed by atoms with Gasteiger partial charge < -0.3 is 21.1 Å². The van der Waals surface area contributed by atoms with Crippen molar-refractivity contribution in [3.8, 4) is 0 Å². The van der Waals surface area contributed by atoms with Crippen LogP contribution < -0.4 is 11.1 Å². The van der Waals surface area contributed by atoms with Gasteiger partial charge in [0, 0.05) is 49.9 Å². The van der Waals surface area contributed by atoms with E-state index in [1.807, 2.05) is 30.5 Å². The Morgan fingerprint density at radius 2 is 1.97 bits per heavy atom. The highest BCUT2D eigenvalue weighted by Crippen LogP contribution is 2.31. The summed E-state index contributed by atoms with van der Waals surface area (Å²) in [6.45, 7) is 2.53. The van der Waals surface area contributed by atoms with E-state index in [0.717, 1.165) is 67.5 Å². The number of aromatic nitrogens is 2. The van der Waals surface area contributed by atoms with Gasteiger partial charge in [-0.05, 0) is 50.2 Å². The number of rotatable bonds is 7. The van der Waals surface area contributed by atoms with Gasteiger partial charge in [0.15, 0.2) is 0 Å². The van der Waals surface area contributed by atoms with Gasteiger partial charge >= 0.3 is 5.97 Å². The van der Waals surface area contributed by atoms with Crippen LogP contribution in [0.5, 0.6) is 0 Å². The van der Waals surface area contributed by atoms with Crippen LogP contribution in [0, 0.1) is 5.92 Å². The minimum absolute atomic E-state index is 0.318. The quantitative estimate of drug-likeness (QED) is 0.629. The first-order valence-electron chi connectivity index (χ1n) is 11.5. The number of carboxylic acid groups (broad SMARTS) is 1. The van der Waals surface area contributed by atoms with E-state index in [4.69, 9.17) is 15.8 Å². The molecule has 0 bridgehead atoms. The summed E-state index contributed by atoms with van der Waals surface area (Å²) in [5, 5.41) is 12.7. The molecule has 31 heavy (non-hydrogen) atoms. The van der Waals surface area contributed by atoms with E-state index in [1.54, 1.807) is 6.20 Å². The second-order valence-corrected chi connectivity index (χ2v) is 8.88. The van der Waals surface area contributed by atoms with Crippen LogP contribution in [0.4, 0.5) is 0 Å². The predicted molar refractivity (Wildman–Crippen MR) is 122 cm³/mol. The van der Waals surface area contributed by atoms with Crippen LogP contribution in [0.2, 0.25) is 0 Å². The molecule has 7 heteroatoms. The molecule has 2 fully saturated rings. The maximum absolute atomic E-state index is 11.1. The van der Waals surface area contributed by atoms with Crippen molar-refractivity contribution in [1.29, 1.82) is 0 Å². The second-order valence-electron chi connectivity index (χ2n) is 8.88. The SMILES string of the molecule is NC/C(=C\NC1CCN(C2CCCC(CC(=O)O)C2)CC1)c1cnc2ccccc2n1. The summed E-state index contributed by atoms with van der Waals surface area (Å²) in [6.07, 6.45) is 10.7. The Balaban J connectivity index is 1.31. The minimum Gasteiger partial charge on any atom is -0.481 e. The van der Waals surface area contributed by atoms with Gasteiger partial charge in [0.1, 0.15) is 0 Å². The number of piperidine rings is 1. The highest BCUT2D eigenvalue weighted by Gasteiger charge is 2.30. The number of nitrogens with one attached hydrogen (secondary N) is 1. The van der Waals surface area contributed by atoms with Gasteiger partial charge in [-0.2, -0.15) is 0 Å². The summed E-state index contributed by atoms with van der Waals surface area (Å²) in [5.74, 6) is -0.322. The van der Waals surface area contributed by atoms with Gasteiger partial charge in [0.05, 0.1) is 22.9 Å². The summed E-state index contributed by atoms with van der Waals surface area (Å²) in [4.78, 5) is 22.9. The molecule has 1 aromatic carbocycles. The Hall–Kier alpha value is -2.51. The maximum Gasteiger partial charge on any atom is 0.303 e. The number of likely N-dealkylation sites (tertiary alicyclic amines) is 1. The lowest BCUT2D eigenvalue weighted by atomic mass is 9.82. The zero-order valence-corrected chi connectivity index (χ0v) is 18.0. The summed E-state index contributed by atoms with van der Waals surface area (Å²) in [5.41, 5.74) is 9.55. The Bertz CT molecular complexity index is 923. The first kappa shape index (κ1) is 21.7. The number of hydrogen-bond donors (Lipinski definition) is 3. The molecule has 0 spiro atoms. The molecule has 0 radical (unpaired) electrons. The van der Waals surface area contributed by atoms with E-state index < -0.39 is 5.97 Å². The first-order valence-corrected chi connectivity index (χ1v) is 11.5. The molecule has 2 atom stereocenters. The standard InChI is InChI=1S/C24H33N5O2/c25-14-18(23-16-27-21-6-1-2-7-22(21)28-23)15-26-19-8-10-29(11-9-19)20-5-3-4-17(12-20)13-24(30)31/h1-2,6-7,15-17,19-20,26H,3-5,8-14,25H2,(H,30,31)/b18-15+. The maximum atomic E-state index is 11.1. The van der Waals surface area contributed by atoms with E-state index in [2.05, 4.69) is 15.2 Å². The van der Waals surface area contributed by atoms with Crippen LogP contribution in [0.3, 0.4) is 0 Å². The molecule has 2 aromatic rings. The Morgan fingerprint density at radius 3 is 2.71 bits per heavy atom. The van der Waals surface area contributed by atoms with E-state index in [9.17, 15) is 4.79 Å². The molecular formula is C24H33N5O2. The van der Waals surface area contributed by atoms with E-state index in [1.165, 1.54) is 6.42 Å². The van der Waals surface area contributed by atoms with Crippen LogP contribution in [-0.4, -0.2) is 57.7 Å². The molecule has 4 rings (SSSR count). The van der Waals surface area contributed by atoms with Crippen LogP contribution in [0.1, 0.15) is 50.6 Å². The molecule has 0 amide bonds. The van der Waals surface area contributed by atoms with E-state index >= 15 is 0 Å². The monoisotopic (exact) mass is 423 g/mol. The summed E-state index contributed by atoms with van der Waals surface area (Å²) in [7, 11) is 0. The minimum atomic E-state index is -0.660. The van der Waals surface area contributed by atoms with Crippen LogP contribution in [0.25, 0.3) is 16.6 Å². The number of nitrogens with two attached hydrogens (primary N) is 1. The fourth-order valence-corrected chi connectivity index (χ4v) is 5.03. The van der Waals surface area contributed by atoms with Crippen LogP contribution >= 0.6 is 0 Å². The number of benzene rings is 1. The normalized spacial score (nSPS) is 23.7. The molecule has 166 valence electrons. The first-order chi connectivity index (χ1) is 15.1. The largest absolute Gasteiger partial charge is 0.481 e. The molecule has 4 N–H and O–H groups in total. The summed E-state index contributed by atoms with van der Waals surface area (Å²) >= 11 is 0. The van der Waals surface area contributed by atoms with Crippen LogP contribution in [-0.2, 0) is 4.79 Å². The number of aliphatic carboxylic acids is 1. The molecule has 1 aliphatic heterocycles. The number of nitrogens with zero attached hydrogens (tertiary/aromatic N) is 3. The van der Waals surface area contributed by atoms with Crippen molar-refractivity contribution < 1.29 is 9.90 Å². The van der Waals surface area contributed by atoms with E-state index in [0.29, 0.717) is 31.0 Å². The molecule has 2 unspecified atom stereocenters. The lowest BCUT2D eigenvalue weighted by molar-refractivity contribution is -0.138. The van der Waals surface area contributed by atoms with Gasteiger partial charge in [0.25, 0.3) is 0 Å². The van der Waals surface area contributed by atoms with Crippen molar-refractivity contribution in [2.75, 3.05) is 19.6 Å². The topological polar surface area (TPSA) is 104 Å². The molecular weight excluding hydrogens is 390 g/mol. The molecule has 2 aliphatic rings. The van der Waals surface area contributed by atoms with Gasteiger partial charge in [-0.1, -0.05) is 18.6 Å². The van der Waals surface area contributed by atoms with E-state index in [-0.39, 0.29) is 0 Å². The Labute approximate surface area is 183 Å². The molecule has 1 aliphatic carbocycles. The Morgan fingerprint density at radius 1 is 1.19 bits per heavy atom. The van der Waals surface area contributed by atoms with Gasteiger partial charge in [-0.3, -0.25) is 9.78 Å². The van der Waals surface area contributed by atoms with Gasteiger partial charge in [-0.25, -0.2) is 4.98 Å². The average Bonchev–Trinajstić information content (AvgIpc) is 2.79. The smallest absolute Gasteiger partial charge is 0.303 e. The lowest BCUT2D eigenvalue weighted by Crippen LogP contribution is -2.47. The molecule has 7 nitrogen and oxygen atoms in total. The Kier molecular flexibility index (Phi) is 7.14. The number of carbonyl (C=O) groups is 1. The fourth-order valence-electron chi connectivity index (χ4n) is 5.03. The third-order valence-corrected chi connectivity index (χ3v) is 6.76. The second kappa shape index (κ2) is 10.2. The van der Waals surface area contributed by atoms with Crippen LogP contribution in [0.15, 0.2) is 36.7 Å². The fraction of sp³-hybridized carbons (Fsp3) is 0.542.